The number of nitrogens with zero attached hydrogens (tertiary/aromatic N) is 2. The van der Waals surface area contributed by atoms with Crippen LogP contribution in [0.2, 0.25) is 0 Å². The van der Waals surface area contributed by atoms with Crippen molar-refractivity contribution < 1.29 is 14.3 Å². The molecule has 1 aromatic carbocycles. The van der Waals surface area contributed by atoms with Gasteiger partial charge in [0.05, 0.1) is 18.1 Å². The van der Waals surface area contributed by atoms with E-state index < -0.39 is 0 Å². The van der Waals surface area contributed by atoms with Crippen LogP contribution in [0, 0.1) is 0 Å². The fourth-order valence-electron chi connectivity index (χ4n) is 2.56. The van der Waals surface area contributed by atoms with E-state index in [0.717, 1.165) is 10.9 Å². The third-order valence-corrected chi connectivity index (χ3v) is 4.36. The van der Waals surface area contributed by atoms with Crippen molar-refractivity contribution in [2.45, 2.75) is 12.5 Å². The van der Waals surface area contributed by atoms with Gasteiger partial charge in [0.2, 0.25) is 5.88 Å². The number of carbonyl (C=O) groups excluding carboxylic acids is 1. The molecule has 120 valence electrons. The summed E-state index contributed by atoms with van der Waals surface area (Å²) in [6.45, 7) is 1.23. The number of halogens is 1. The topological polar surface area (TPSA) is 51.7 Å². The Hall–Kier alpha value is -2.08. The highest BCUT2D eigenvalue weighted by Gasteiger charge is 2.29. The maximum Gasteiger partial charge on any atom is 0.254 e. The van der Waals surface area contributed by atoms with Crippen molar-refractivity contribution in [1.82, 2.24) is 9.88 Å². The zero-order chi connectivity index (χ0) is 16.2. The molecule has 5 nitrogen and oxygen atoms in total. The lowest BCUT2D eigenvalue weighted by molar-refractivity contribution is 0.0770. The standard InChI is InChI=1S/C17H17BrN2O3/c1-22-13-5-2-4-12(10-13)17(21)20-9-7-14(11-20)23-16-15(18)6-3-8-19-16/h2-6,8,10,14H,7,9,11H2,1H3. The summed E-state index contributed by atoms with van der Waals surface area (Å²) in [7, 11) is 1.59. The van der Waals surface area contributed by atoms with E-state index in [-0.39, 0.29) is 12.0 Å². The van der Waals surface area contributed by atoms with Gasteiger partial charge in [0.15, 0.2) is 0 Å². The minimum atomic E-state index is -0.0456. The van der Waals surface area contributed by atoms with Gasteiger partial charge in [-0.2, -0.15) is 0 Å². The molecule has 1 saturated heterocycles. The molecule has 0 aliphatic carbocycles. The minimum absolute atomic E-state index is 0.00455. The minimum Gasteiger partial charge on any atom is -0.497 e. The molecule has 1 amide bonds. The van der Waals surface area contributed by atoms with Crippen LogP contribution in [0.1, 0.15) is 16.8 Å². The molecule has 1 atom stereocenters. The quantitative estimate of drug-likeness (QED) is 0.822. The molecule has 2 aromatic rings. The maximum absolute atomic E-state index is 12.6. The number of carbonyl (C=O) groups is 1. The molecule has 0 saturated carbocycles. The second-order valence-corrected chi connectivity index (χ2v) is 6.16. The van der Waals surface area contributed by atoms with Gasteiger partial charge in [0, 0.05) is 24.7 Å². The number of hydrogen-bond donors (Lipinski definition) is 0. The van der Waals surface area contributed by atoms with Gasteiger partial charge in [-0.3, -0.25) is 4.79 Å². The van der Waals surface area contributed by atoms with E-state index in [1.165, 1.54) is 0 Å². The molecule has 1 unspecified atom stereocenters. The number of rotatable bonds is 4. The van der Waals surface area contributed by atoms with Crippen LogP contribution in [0.4, 0.5) is 0 Å². The molecular formula is C17H17BrN2O3. The van der Waals surface area contributed by atoms with E-state index in [4.69, 9.17) is 9.47 Å². The van der Waals surface area contributed by atoms with Gasteiger partial charge in [-0.05, 0) is 46.3 Å². The number of methoxy groups -OCH3 is 1. The van der Waals surface area contributed by atoms with Crippen LogP contribution < -0.4 is 9.47 Å². The molecule has 1 aromatic heterocycles. The van der Waals surface area contributed by atoms with Gasteiger partial charge in [0.1, 0.15) is 11.9 Å². The molecule has 1 aliphatic heterocycles. The Balaban J connectivity index is 1.65. The molecule has 0 bridgehead atoms. The molecule has 0 spiro atoms. The summed E-state index contributed by atoms with van der Waals surface area (Å²) in [5, 5.41) is 0. The van der Waals surface area contributed by atoms with Gasteiger partial charge in [0.25, 0.3) is 5.91 Å². The zero-order valence-electron chi connectivity index (χ0n) is 12.7. The average molecular weight is 377 g/mol. The van der Waals surface area contributed by atoms with Crippen LogP contribution in [0.3, 0.4) is 0 Å². The van der Waals surface area contributed by atoms with Gasteiger partial charge < -0.3 is 14.4 Å². The number of hydrogen-bond acceptors (Lipinski definition) is 4. The Labute approximate surface area is 143 Å². The Bertz CT molecular complexity index is 708. The first-order chi connectivity index (χ1) is 11.2. The monoisotopic (exact) mass is 376 g/mol. The second kappa shape index (κ2) is 7.00. The van der Waals surface area contributed by atoms with Gasteiger partial charge in [-0.15, -0.1) is 0 Å². The highest BCUT2D eigenvalue weighted by Crippen LogP contribution is 2.25. The first kappa shape index (κ1) is 15.8. The molecule has 3 rings (SSSR count). The normalized spacial score (nSPS) is 17.1. The van der Waals surface area contributed by atoms with Crippen molar-refractivity contribution in [3.05, 3.63) is 52.6 Å². The fourth-order valence-corrected chi connectivity index (χ4v) is 2.91. The van der Waals surface area contributed by atoms with Gasteiger partial charge >= 0.3 is 0 Å². The number of aromatic nitrogens is 1. The van der Waals surface area contributed by atoms with Gasteiger partial charge in [-0.25, -0.2) is 4.98 Å². The zero-order valence-corrected chi connectivity index (χ0v) is 14.3. The Morgan fingerprint density at radius 2 is 2.22 bits per heavy atom. The Kier molecular flexibility index (Phi) is 4.81. The lowest BCUT2D eigenvalue weighted by atomic mass is 10.2. The van der Waals surface area contributed by atoms with Crippen LogP contribution in [0.15, 0.2) is 47.1 Å². The lowest BCUT2D eigenvalue weighted by Crippen LogP contribution is -2.31. The van der Waals surface area contributed by atoms with Crippen LogP contribution in [-0.2, 0) is 0 Å². The van der Waals surface area contributed by atoms with E-state index >= 15 is 0 Å². The molecular weight excluding hydrogens is 360 g/mol. The first-order valence-electron chi connectivity index (χ1n) is 7.38. The first-order valence-corrected chi connectivity index (χ1v) is 8.17. The van der Waals surface area contributed by atoms with Crippen LogP contribution in [0.25, 0.3) is 0 Å². The van der Waals surface area contributed by atoms with E-state index in [1.54, 1.807) is 30.3 Å². The summed E-state index contributed by atoms with van der Waals surface area (Å²) >= 11 is 3.42. The predicted molar refractivity (Wildman–Crippen MR) is 89.9 cm³/mol. The second-order valence-electron chi connectivity index (χ2n) is 5.30. The van der Waals surface area contributed by atoms with Crippen LogP contribution in [-0.4, -0.2) is 42.1 Å². The van der Waals surface area contributed by atoms with E-state index in [1.807, 2.05) is 24.3 Å². The van der Waals surface area contributed by atoms with Crippen LogP contribution in [0.5, 0.6) is 11.6 Å². The number of likely N-dealkylation sites (tertiary alicyclic amines) is 1. The number of amides is 1. The largest absolute Gasteiger partial charge is 0.497 e. The highest BCUT2D eigenvalue weighted by atomic mass is 79.9. The molecule has 2 heterocycles. The lowest BCUT2D eigenvalue weighted by Gasteiger charge is -2.17. The number of benzene rings is 1. The molecule has 0 N–H and O–H groups in total. The maximum atomic E-state index is 12.6. The number of ether oxygens (including phenoxy) is 2. The van der Waals surface area contributed by atoms with Gasteiger partial charge in [-0.1, -0.05) is 6.07 Å². The van der Waals surface area contributed by atoms with Crippen molar-refractivity contribution in [3.8, 4) is 11.6 Å². The molecule has 6 heteroatoms. The Morgan fingerprint density at radius 3 is 3.00 bits per heavy atom. The Morgan fingerprint density at radius 1 is 1.35 bits per heavy atom. The van der Waals surface area contributed by atoms with E-state index in [9.17, 15) is 4.79 Å². The van der Waals surface area contributed by atoms with Crippen LogP contribution >= 0.6 is 15.9 Å². The molecule has 1 aliphatic rings. The summed E-state index contributed by atoms with van der Waals surface area (Å²) in [5.41, 5.74) is 0.629. The SMILES string of the molecule is COc1cccc(C(=O)N2CCC(Oc3ncccc3Br)C2)c1. The summed E-state index contributed by atoms with van der Waals surface area (Å²) in [6, 6.07) is 10.9. The summed E-state index contributed by atoms with van der Waals surface area (Å²) < 4.78 is 11.9. The molecule has 23 heavy (non-hydrogen) atoms. The molecule has 0 radical (unpaired) electrons. The third-order valence-electron chi connectivity index (χ3n) is 3.75. The fraction of sp³-hybridized carbons (Fsp3) is 0.294. The summed E-state index contributed by atoms with van der Waals surface area (Å²) in [5.74, 6) is 1.24. The average Bonchev–Trinajstić information content (AvgIpc) is 3.05. The van der Waals surface area contributed by atoms with E-state index in [2.05, 4.69) is 20.9 Å². The smallest absolute Gasteiger partial charge is 0.254 e. The third kappa shape index (κ3) is 3.64. The predicted octanol–water partition coefficient (Wildman–Crippen LogP) is 3.15. The highest BCUT2D eigenvalue weighted by molar-refractivity contribution is 9.10. The molecule has 1 fully saturated rings. The van der Waals surface area contributed by atoms with Crippen molar-refractivity contribution in [2.24, 2.45) is 0 Å². The summed E-state index contributed by atoms with van der Waals surface area (Å²) in [6.07, 6.45) is 2.43. The summed E-state index contributed by atoms with van der Waals surface area (Å²) in [4.78, 5) is 18.6. The number of pyridine rings is 1. The van der Waals surface area contributed by atoms with Crippen molar-refractivity contribution >= 4 is 21.8 Å². The van der Waals surface area contributed by atoms with Crippen molar-refractivity contribution in [2.75, 3.05) is 20.2 Å². The van der Waals surface area contributed by atoms with E-state index in [0.29, 0.717) is 30.3 Å². The van der Waals surface area contributed by atoms with Crippen molar-refractivity contribution in [1.29, 1.82) is 0 Å². The van der Waals surface area contributed by atoms with Crippen molar-refractivity contribution in [3.63, 3.8) is 0 Å².